The van der Waals surface area contributed by atoms with Gasteiger partial charge in [0.2, 0.25) is 0 Å². The number of aryl methyl sites for hydroxylation is 1. The maximum absolute atomic E-state index is 5.85. The Hall–Kier alpha value is -1.62. The summed E-state index contributed by atoms with van der Waals surface area (Å²) in [5.74, 6) is 0.780. The van der Waals surface area contributed by atoms with Gasteiger partial charge in [-0.3, -0.25) is 0 Å². The first-order valence-electron chi connectivity index (χ1n) is 5.80. The standard InChI is InChI=1S/C13H16N2O2S/c1-3-4-16-11-5-10(14)6-12(7-11)18-13-15-9(2)8-17-13/h5-8H,3-4,14H2,1-2H3. The van der Waals surface area contributed by atoms with Gasteiger partial charge in [-0.15, -0.1) is 0 Å². The topological polar surface area (TPSA) is 61.3 Å². The second-order valence-electron chi connectivity index (χ2n) is 3.94. The Morgan fingerprint density at radius 1 is 1.39 bits per heavy atom. The Labute approximate surface area is 111 Å². The van der Waals surface area contributed by atoms with Crippen molar-refractivity contribution in [3.05, 3.63) is 30.2 Å². The van der Waals surface area contributed by atoms with Gasteiger partial charge in [-0.05, 0) is 37.2 Å². The van der Waals surface area contributed by atoms with Crippen molar-refractivity contribution in [2.45, 2.75) is 30.4 Å². The van der Waals surface area contributed by atoms with Crippen molar-refractivity contribution in [1.29, 1.82) is 0 Å². The average Bonchev–Trinajstić information content (AvgIpc) is 2.71. The van der Waals surface area contributed by atoms with Gasteiger partial charge in [0.25, 0.3) is 5.22 Å². The molecule has 4 nitrogen and oxygen atoms in total. The zero-order chi connectivity index (χ0) is 13.0. The molecule has 0 unspecified atom stereocenters. The number of nitrogens with zero attached hydrogens (tertiary/aromatic N) is 1. The van der Waals surface area contributed by atoms with Crippen molar-refractivity contribution in [3.8, 4) is 5.75 Å². The average molecular weight is 264 g/mol. The summed E-state index contributed by atoms with van der Waals surface area (Å²) in [7, 11) is 0. The fourth-order valence-corrected chi connectivity index (χ4v) is 2.29. The second kappa shape index (κ2) is 5.82. The van der Waals surface area contributed by atoms with E-state index in [1.807, 2.05) is 25.1 Å². The monoisotopic (exact) mass is 264 g/mol. The largest absolute Gasteiger partial charge is 0.493 e. The molecule has 1 heterocycles. The molecule has 0 amide bonds. The van der Waals surface area contributed by atoms with E-state index >= 15 is 0 Å². The normalized spacial score (nSPS) is 10.6. The molecule has 0 spiro atoms. The van der Waals surface area contributed by atoms with E-state index in [4.69, 9.17) is 14.9 Å². The third-order valence-electron chi connectivity index (χ3n) is 2.18. The minimum absolute atomic E-state index is 0.611. The molecule has 0 aliphatic rings. The number of aromatic nitrogens is 1. The molecule has 5 heteroatoms. The van der Waals surface area contributed by atoms with Crippen LogP contribution in [0.25, 0.3) is 0 Å². The molecule has 0 bridgehead atoms. The number of nitrogen functional groups attached to an aromatic ring is 1. The van der Waals surface area contributed by atoms with Crippen LogP contribution in [0.1, 0.15) is 19.0 Å². The van der Waals surface area contributed by atoms with E-state index in [0.717, 1.165) is 22.8 Å². The van der Waals surface area contributed by atoms with Crippen LogP contribution >= 0.6 is 11.8 Å². The van der Waals surface area contributed by atoms with Gasteiger partial charge in [0.15, 0.2) is 0 Å². The van der Waals surface area contributed by atoms with Crippen molar-refractivity contribution < 1.29 is 9.15 Å². The van der Waals surface area contributed by atoms with Crippen LogP contribution in [0.3, 0.4) is 0 Å². The molecule has 1 aromatic carbocycles. The Bertz CT molecular complexity index is 525. The predicted molar refractivity (Wildman–Crippen MR) is 72.0 cm³/mol. The molecule has 1 aromatic heterocycles. The van der Waals surface area contributed by atoms with E-state index in [1.54, 1.807) is 6.26 Å². The first kappa shape index (κ1) is 12.8. The summed E-state index contributed by atoms with van der Waals surface area (Å²) in [6, 6.07) is 5.64. The van der Waals surface area contributed by atoms with Gasteiger partial charge in [0.1, 0.15) is 12.0 Å². The van der Waals surface area contributed by atoms with E-state index in [9.17, 15) is 0 Å². The molecule has 0 aliphatic carbocycles. The molecule has 0 saturated heterocycles. The molecule has 0 aliphatic heterocycles. The molecule has 0 radical (unpaired) electrons. The molecule has 0 atom stereocenters. The maximum Gasteiger partial charge on any atom is 0.260 e. The van der Waals surface area contributed by atoms with E-state index in [-0.39, 0.29) is 0 Å². The molecule has 2 rings (SSSR count). The highest BCUT2D eigenvalue weighted by Gasteiger charge is 2.06. The summed E-state index contributed by atoms with van der Waals surface area (Å²) in [5, 5.41) is 0.611. The van der Waals surface area contributed by atoms with E-state index < -0.39 is 0 Å². The Balaban J connectivity index is 2.14. The molecule has 0 saturated carbocycles. The lowest BCUT2D eigenvalue weighted by atomic mass is 10.3. The van der Waals surface area contributed by atoms with Gasteiger partial charge in [-0.2, -0.15) is 0 Å². The second-order valence-corrected chi connectivity index (χ2v) is 4.97. The fourth-order valence-electron chi connectivity index (χ4n) is 1.44. The van der Waals surface area contributed by atoms with Crippen LogP contribution in [0.15, 0.2) is 39.0 Å². The van der Waals surface area contributed by atoms with Crippen LogP contribution in [0.4, 0.5) is 5.69 Å². The fraction of sp³-hybridized carbons (Fsp3) is 0.308. The van der Waals surface area contributed by atoms with E-state index in [0.29, 0.717) is 17.5 Å². The summed E-state index contributed by atoms with van der Waals surface area (Å²) in [5.41, 5.74) is 7.39. The number of hydrogen-bond donors (Lipinski definition) is 1. The zero-order valence-corrected chi connectivity index (χ0v) is 11.3. The molecular formula is C13H16N2O2S. The minimum atomic E-state index is 0.611. The van der Waals surface area contributed by atoms with Crippen molar-refractivity contribution in [3.63, 3.8) is 0 Å². The van der Waals surface area contributed by atoms with Gasteiger partial charge >= 0.3 is 0 Å². The Morgan fingerprint density at radius 2 is 2.22 bits per heavy atom. The van der Waals surface area contributed by atoms with Crippen LogP contribution in [0.2, 0.25) is 0 Å². The lowest BCUT2D eigenvalue weighted by Gasteiger charge is -2.07. The first-order chi connectivity index (χ1) is 8.67. The first-order valence-corrected chi connectivity index (χ1v) is 6.62. The van der Waals surface area contributed by atoms with Crippen molar-refractivity contribution in [1.82, 2.24) is 4.98 Å². The number of nitrogens with two attached hydrogens (primary N) is 1. The number of anilines is 1. The molecule has 96 valence electrons. The SMILES string of the molecule is CCCOc1cc(N)cc(Sc2nc(C)co2)c1. The Morgan fingerprint density at radius 3 is 2.89 bits per heavy atom. The molecule has 0 fully saturated rings. The molecule has 2 N–H and O–H groups in total. The molecule has 2 aromatic rings. The van der Waals surface area contributed by atoms with Gasteiger partial charge in [0.05, 0.1) is 12.3 Å². The van der Waals surface area contributed by atoms with Crippen molar-refractivity contribution in [2.75, 3.05) is 12.3 Å². The highest BCUT2D eigenvalue weighted by molar-refractivity contribution is 7.99. The summed E-state index contributed by atoms with van der Waals surface area (Å²) < 4.78 is 10.9. The summed E-state index contributed by atoms with van der Waals surface area (Å²) in [4.78, 5) is 5.20. The smallest absolute Gasteiger partial charge is 0.260 e. The van der Waals surface area contributed by atoms with E-state index in [1.165, 1.54) is 11.8 Å². The summed E-state index contributed by atoms with van der Waals surface area (Å²) in [6.45, 7) is 4.64. The third kappa shape index (κ3) is 3.43. The predicted octanol–water partition coefficient (Wildman–Crippen LogP) is 3.51. The van der Waals surface area contributed by atoms with E-state index in [2.05, 4.69) is 11.9 Å². The quantitative estimate of drug-likeness (QED) is 0.837. The van der Waals surface area contributed by atoms with Crippen LogP contribution < -0.4 is 10.5 Å². The molecular weight excluding hydrogens is 248 g/mol. The highest BCUT2D eigenvalue weighted by Crippen LogP contribution is 2.31. The minimum Gasteiger partial charge on any atom is -0.493 e. The van der Waals surface area contributed by atoms with Crippen molar-refractivity contribution in [2.24, 2.45) is 0 Å². The maximum atomic E-state index is 5.85. The lowest BCUT2D eigenvalue weighted by molar-refractivity contribution is 0.317. The third-order valence-corrected chi connectivity index (χ3v) is 3.01. The number of benzene rings is 1. The summed E-state index contributed by atoms with van der Waals surface area (Å²) >= 11 is 1.43. The summed E-state index contributed by atoms with van der Waals surface area (Å²) in [6.07, 6.45) is 2.60. The van der Waals surface area contributed by atoms with Crippen LogP contribution in [-0.2, 0) is 0 Å². The highest BCUT2D eigenvalue weighted by atomic mass is 32.2. The number of oxazole rings is 1. The van der Waals surface area contributed by atoms with Crippen molar-refractivity contribution >= 4 is 17.4 Å². The van der Waals surface area contributed by atoms with Crippen LogP contribution in [0.5, 0.6) is 5.75 Å². The number of rotatable bonds is 5. The van der Waals surface area contributed by atoms with Gasteiger partial charge in [0, 0.05) is 16.6 Å². The van der Waals surface area contributed by atoms with Gasteiger partial charge < -0.3 is 14.9 Å². The molecule has 18 heavy (non-hydrogen) atoms. The van der Waals surface area contributed by atoms with Gasteiger partial charge in [-0.25, -0.2) is 4.98 Å². The number of hydrogen-bond acceptors (Lipinski definition) is 5. The van der Waals surface area contributed by atoms with Crippen LogP contribution in [0, 0.1) is 6.92 Å². The van der Waals surface area contributed by atoms with Gasteiger partial charge in [-0.1, -0.05) is 6.92 Å². The number of ether oxygens (including phenoxy) is 1. The zero-order valence-electron chi connectivity index (χ0n) is 10.5. The van der Waals surface area contributed by atoms with Crippen LogP contribution in [-0.4, -0.2) is 11.6 Å². The lowest BCUT2D eigenvalue weighted by Crippen LogP contribution is -1.96. The Kier molecular flexibility index (Phi) is 4.15.